The highest BCUT2D eigenvalue weighted by Crippen LogP contribution is 2.25. The number of anilines is 1. The third-order valence-corrected chi connectivity index (χ3v) is 4.78. The minimum Gasteiger partial charge on any atom is -0.493 e. The van der Waals surface area contributed by atoms with Gasteiger partial charge in [0.2, 0.25) is 5.91 Å². The van der Waals surface area contributed by atoms with Gasteiger partial charge in [0.15, 0.2) is 0 Å². The van der Waals surface area contributed by atoms with E-state index in [4.69, 9.17) is 9.47 Å². The summed E-state index contributed by atoms with van der Waals surface area (Å²) < 4.78 is 11.3. The average Bonchev–Trinajstić information content (AvgIpc) is 2.63. The molecule has 5 nitrogen and oxygen atoms in total. The Morgan fingerprint density at radius 1 is 1.21 bits per heavy atom. The van der Waals surface area contributed by atoms with Gasteiger partial charge in [-0.05, 0) is 43.0 Å². The van der Waals surface area contributed by atoms with Crippen LogP contribution in [0, 0.1) is 5.92 Å². The Labute approximate surface area is 144 Å². The molecule has 0 spiro atoms. The van der Waals surface area contributed by atoms with Gasteiger partial charge in [0, 0.05) is 24.7 Å². The predicted octanol–water partition coefficient (Wildman–Crippen LogP) is 2.96. The van der Waals surface area contributed by atoms with Gasteiger partial charge in [-0.3, -0.25) is 4.79 Å². The molecule has 1 amide bonds. The van der Waals surface area contributed by atoms with Gasteiger partial charge in [-0.25, -0.2) is 0 Å². The smallest absolute Gasteiger partial charge is 0.226 e. The molecule has 1 aromatic carbocycles. The Kier molecular flexibility index (Phi) is 6.49. The molecule has 24 heavy (non-hydrogen) atoms. The molecule has 1 heterocycles. The van der Waals surface area contributed by atoms with Crippen LogP contribution >= 0.6 is 0 Å². The molecule has 0 bridgehead atoms. The number of benzene rings is 1. The van der Waals surface area contributed by atoms with Crippen LogP contribution in [0.5, 0.6) is 5.75 Å². The molecule has 132 valence electrons. The first-order valence-electron chi connectivity index (χ1n) is 9.13. The Hall–Kier alpha value is -1.59. The van der Waals surface area contributed by atoms with Crippen molar-refractivity contribution in [3.05, 3.63) is 24.3 Å². The van der Waals surface area contributed by atoms with E-state index >= 15 is 0 Å². The van der Waals surface area contributed by atoms with Crippen molar-refractivity contribution in [1.82, 2.24) is 5.32 Å². The number of rotatable bonds is 6. The van der Waals surface area contributed by atoms with Crippen molar-refractivity contribution in [2.75, 3.05) is 31.7 Å². The molecule has 1 unspecified atom stereocenters. The van der Waals surface area contributed by atoms with E-state index < -0.39 is 0 Å². The van der Waals surface area contributed by atoms with Crippen LogP contribution in [0.15, 0.2) is 24.3 Å². The Balaban J connectivity index is 1.41. The van der Waals surface area contributed by atoms with E-state index in [-0.39, 0.29) is 11.9 Å². The van der Waals surface area contributed by atoms with Crippen molar-refractivity contribution >= 4 is 11.6 Å². The maximum absolute atomic E-state index is 12.1. The van der Waals surface area contributed by atoms with Crippen molar-refractivity contribution in [3.63, 3.8) is 0 Å². The van der Waals surface area contributed by atoms with Crippen molar-refractivity contribution in [1.29, 1.82) is 0 Å². The molecule has 1 saturated heterocycles. The van der Waals surface area contributed by atoms with Crippen LogP contribution in [0.2, 0.25) is 0 Å². The van der Waals surface area contributed by atoms with Crippen molar-refractivity contribution < 1.29 is 14.3 Å². The van der Waals surface area contributed by atoms with E-state index in [2.05, 4.69) is 10.6 Å². The van der Waals surface area contributed by atoms with Gasteiger partial charge in [-0.2, -0.15) is 0 Å². The molecule has 1 aliphatic carbocycles. The molecule has 1 aliphatic heterocycles. The SMILES string of the molecule is O=C(CC1COCCN1)Nc1ccc(OCC2CCCCC2)cc1. The van der Waals surface area contributed by atoms with Crippen molar-refractivity contribution in [2.24, 2.45) is 5.92 Å². The second-order valence-electron chi connectivity index (χ2n) is 6.82. The van der Waals surface area contributed by atoms with E-state index in [0.29, 0.717) is 18.9 Å². The summed E-state index contributed by atoms with van der Waals surface area (Å²) in [6, 6.07) is 7.77. The molecule has 2 N–H and O–H groups in total. The number of amides is 1. The average molecular weight is 332 g/mol. The van der Waals surface area contributed by atoms with Gasteiger partial charge >= 0.3 is 0 Å². The maximum Gasteiger partial charge on any atom is 0.226 e. The van der Waals surface area contributed by atoms with Crippen LogP contribution in [-0.2, 0) is 9.53 Å². The zero-order valence-corrected chi connectivity index (χ0v) is 14.3. The highest BCUT2D eigenvalue weighted by Gasteiger charge is 2.17. The summed E-state index contributed by atoms with van der Waals surface area (Å²) in [5.41, 5.74) is 0.807. The lowest BCUT2D eigenvalue weighted by atomic mass is 9.90. The first-order valence-corrected chi connectivity index (χ1v) is 9.13. The van der Waals surface area contributed by atoms with Gasteiger partial charge in [-0.15, -0.1) is 0 Å². The molecular weight excluding hydrogens is 304 g/mol. The number of ether oxygens (including phenoxy) is 2. The standard InChI is InChI=1S/C19H28N2O3/c22-19(12-17-14-23-11-10-20-17)21-16-6-8-18(9-7-16)24-13-15-4-2-1-3-5-15/h6-9,15,17,20H,1-5,10-14H2,(H,21,22). The van der Waals surface area contributed by atoms with Crippen LogP contribution in [0.1, 0.15) is 38.5 Å². The molecule has 1 atom stereocenters. The van der Waals surface area contributed by atoms with Gasteiger partial charge in [-0.1, -0.05) is 19.3 Å². The molecule has 5 heteroatoms. The first kappa shape index (κ1) is 17.2. The maximum atomic E-state index is 12.1. The highest BCUT2D eigenvalue weighted by atomic mass is 16.5. The summed E-state index contributed by atoms with van der Waals surface area (Å²) in [5.74, 6) is 1.58. The fraction of sp³-hybridized carbons (Fsp3) is 0.632. The largest absolute Gasteiger partial charge is 0.493 e. The molecule has 0 radical (unpaired) electrons. The zero-order chi connectivity index (χ0) is 16.6. The van der Waals surface area contributed by atoms with Crippen molar-refractivity contribution in [2.45, 2.75) is 44.6 Å². The van der Waals surface area contributed by atoms with Gasteiger partial charge in [0.25, 0.3) is 0 Å². The Morgan fingerprint density at radius 2 is 2.00 bits per heavy atom. The van der Waals surface area contributed by atoms with E-state index in [1.54, 1.807) is 0 Å². The summed E-state index contributed by atoms with van der Waals surface area (Å²) >= 11 is 0. The third kappa shape index (κ3) is 5.49. The number of morpholine rings is 1. The summed E-state index contributed by atoms with van der Waals surface area (Å²) in [6.45, 7) is 2.94. The molecular formula is C19H28N2O3. The monoisotopic (exact) mass is 332 g/mol. The summed E-state index contributed by atoms with van der Waals surface area (Å²) in [6.07, 6.45) is 7.03. The van der Waals surface area contributed by atoms with E-state index in [1.165, 1.54) is 32.1 Å². The zero-order valence-electron chi connectivity index (χ0n) is 14.3. The van der Waals surface area contributed by atoms with Gasteiger partial charge in [0.1, 0.15) is 5.75 Å². The Morgan fingerprint density at radius 3 is 2.71 bits per heavy atom. The molecule has 2 aliphatic rings. The van der Waals surface area contributed by atoms with Crippen LogP contribution < -0.4 is 15.4 Å². The lowest BCUT2D eigenvalue weighted by Crippen LogP contribution is -2.43. The number of hydrogen-bond donors (Lipinski definition) is 2. The lowest BCUT2D eigenvalue weighted by molar-refractivity contribution is -0.117. The normalized spacial score (nSPS) is 22.1. The van der Waals surface area contributed by atoms with Gasteiger partial charge < -0.3 is 20.1 Å². The summed E-state index contributed by atoms with van der Waals surface area (Å²) in [5, 5.41) is 6.22. The second-order valence-corrected chi connectivity index (χ2v) is 6.82. The van der Waals surface area contributed by atoms with Crippen molar-refractivity contribution in [3.8, 4) is 5.75 Å². The van der Waals surface area contributed by atoms with E-state index in [1.807, 2.05) is 24.3 Å². The highest BCUT2D eigenvalue weighted by molar-refractivity contribution is 5.91. The lowest BCUT2D eigenvalue weighted by Gasteiger charge is -2.23. The third-order valence-electron chi connectivity index (χ3n) is 4.78. The second kappa shape index (κ2) is 9.04. The van der Waals surface area contributed by atoms with E-state index in [9.17, 15) is 4.79 Å². The quantitative estimate of drug-likeness (QED) is 0.841. The fourth-order valence-corrected chi connectivity index (χ4v) is 3.39. The summed E-state index contributed by atoms with van der Waals surface area (Å²) in [7, 11) is 0. The predicted molar refractivity (Wildman–Crippen MR) is 94.4 cm³/mol. The van der Waals surface area contributed by atoms with E-state index in [0.717, 1.165) is 31.2 Å². The Bertz CT molecular complexity index is 506. The molecule has 3 rings (SSSR count). The molecule has 2 fully saturated rings. The number of carbonyl (C=O) groups is 1. The van der Waals surface area contributed by atoms with Gasteiger partial charge in [0.05, 0.1) is 19.8 Å². The topological polar surface area (TPSA) is 59.6 Å². The fourth-order valence-electron chi connectivity index (χ4n) is 3.39. The van der Waals surface area contributed by atoms with Crippen LogP contribution in [0.25, 0.3) is 0 Å². The number of nitrogens with one attached hydrogen (secondary N) is 2. The molecule has 0 aromatic heterocycles. The number of carbonyl (C=O) groups excluding carboxylic acids is 1. The number of hydrogen-bond acceptors (Lipinski definition) is 4. The van der Waals surface area contributed by atoms with Crippen LogP contribution in [0.3, 0.4) is 0 Å². The molecule has 1 saturated carbocycles. The summed E-state index contributed by atoms with van der Waals surface area (Å²) in [4.78, 5) is 12.1. The van der Waals surface area contributed by atoms with Crippen LogP contribution in [-0.4, -0.2) is 38.3 Å². The molecule has 1 aromatic rings. The minimum atomic E-state index is 0.00822. The first-order chi connectivity index (χ1) is 11.8. The van der Waals surface area contributed by atoms with Crippen LogP contribution in [0.4, 0.5) is 5.69 Å². The minimum absolute atomic E-state index is 0.00822.